The molecule has 1 aromatic rings. The third-order valence-electron chi connectivity index (χ3n) is 4.31. The zero-order valence-corrected chi connectivity index (χ0v) is 11.5. The van der Waals surface area contributed by atoms with E-state index in [-0.39, 0.29) is 12.0 Å². The lowest BCUT2D eigenvalue weighted by Crippen LogP contribution is -2.16. The molecule has 1 aromatic heterocycles. The number of aromatic nitrogens is 2. The molecule has 3 rings (SSSR count). The SMILES string of the molecule is CCC1CCC(c2noc(C3CSCC3O)n2)C1. The largest absolute Gasteiger partial charge is 0.391 e. The molecule has 0 amide bonds. The summed E-state index contributed by atoms with van der Waals surface area (Å²) in [4.78, 5) is 4.54. The van der Waals surface area contributed by atoms with E-state index in [9.17, 15) is 5.11 Å². The highest BCUT2D eigenvalue weighted by Crippen LogP contribution is 2.39. The maximum absolute atomic E-state index is 9.85. The molecule has 1 aliphatic carbocycles. The van der Waals surface area contributed by atoms with Gasteiger partial charge in [0.2, 0.25) is 5.89 Å². The van der Waals surface area contributed by atoms with Gasteiger partial charge in [-0.2, -0.15) is 16.7 Å². The predicted molar refractivity (Wildman–Crippen MR) is 70.7 cm³/mol. The lowest BCUT2D eigenvalue weighted by Gasteiger charge is -2.07. The molecule has 2 fully saturated rings. The van der Waals surface area contributed by atoms with Gasteiger partial charge < -0.3 is 9.63 Å². The van der Waals surface area contributed by atoms with E-state index in [0.717, 1.165) is 23.2 Å². The fourth-order valence-corrected chi connectivity index (χ4v) is 4.25. The summed E-state index contributed by atoms with van der Waals surface area (Å²) in [6.45, 7) is 2.25. The van der Waals surface area contributed by atoms with E-state index >= 15 is 0 Å². The highest BCUT2D eigenvalue weighted by atomic mass is 32.2. The van der Waals surface area contributed by atoms with Crippen molar-refractivity contribution in [3.63, 3.8) is 0 Å². The molecular formula is C13H20N2O2S. The van der Waals surface area contributed by atoms with E-state index in [1.807, 2.05) is 0 Å². The van der Waals surface area contributed by atoms with Gasteiger partial charge in [0.05, 0.1) is 12.0 Å². The number of rotatable bonds is 3. The zero-order valence-electron chi connectivity index (χ0n) is 10.7. The normalized spacial score (nSPS) is 36.3. The summed E-state index contributed by atoms with van der Waals surface area (Å²) in [5.41, 5.74) is 0. The van der Waals surface area contributed by atoms with Crippen LogP contribution in [0.3, 0.4) is 0 Å². The summed E-state index contributed by atoms with van der Waals surface area (Å²) in [6, 6.07) is 0. The Morgan fingerprint density at radius 3 is 2.94 bits per heavy atom. The second-order valence-electron chi connectivity index (χ2n) is 5.49. The highest BCUT2D eigenvalue weighted by Gasteiger charge is 2.34. The van der Waals surface area contributed by atoms with Crippen LogP contribution in [0.1, 0.15) is 56.2 Å². The van der Waals surface area contributed by atoms with Gasteiger partial charge in [0, 0.05) is 17.4 Å². The molecule has 18 heavy (non-hydrogen) atoms. The van der Waals surface area contributed by atoms with Crippen LogP contribution in [-0.2, 0) is 0 Å². The highest BCUT2D eigenvalue weighted by molar-refractivity contribution is 7.99. The molecule has 100 valence electrons. The second kappa shape index (κ2) is 5.21. The van der Waals surface area contributed by atoms with Crippen LogP contribution in [0, 0.1) is 5.92 Å². The molecule has 4 unspecified atom stereocenters. The van der Waals surface area contributed by atoms with E-state index in [1.165, 1.54) is 25.7 Å². The van der Waals surface area contributed by atoms with Gasteiger partial charge in [-0.05, 0) is 25.2 Å². The number of aliphatic hydroxyl groups excluding tert-OH is 1. The molecule has 2 heterocycles. The van der Waals surface area contributed by atoms with Gasteiger partial charge in [-0.25, -0.2) is 0 Å². The molecule has 2 aliphatic rings. The Morgan fingerprint density at radius 2 is 2.28 bits per heavy atom. The van der Waals surface area contributed by atoms with Crippen LogP contribution in [0.2, 0.25) is 0 Å². The molecule has 0 bridgehead atoms. The summed E-state index contributed by atoms with van der Waals surface area (Å²) < 4.78 is 5.37. The van der Waals surface area contributed by atoms with Crippen molar-refractivity contribution in [2.75, 3.05) is 11.5 Å². The summed E-state index contributed by atoms with van der Waals surface area (Å²) in [6.07, 6.45) is 4.58. The Bertz CT molecular complexity index is 409. The Hall–Kier alpha value is -0.550. The molecule has 1 saturated heterocycles. The van der Waals surface area contributed by atoms with E-state index in [0.29, 0.717) is 11.8 Å². The van der Waals surface area contributed by atoms with Crippen molar-refractivity contribution < 1.29 is 9.63 Å². The van der Waals surface area contributed by atoms with E-state index in [2.05, 4.69) is 17.1 Å². The molecule has 0 spiro atoms. The van der Waals surface area contributed by atoms with Gasteiger partial charge in [-0.1, -0.05) is 18.5 Å². The van der Waals surface area contributed by atoms with Gasteiger partial charge in [-0.3, -0.25) is 0 Å². The molecule has 5 heteroatoms. The van der Waals surface area contributed by atoms with Crippen LogP contribution in [0.15, 0.2) is 4.52 Å². The van der Waals surface area contributed by atoms with Gasteiger partial charge in [-0.15, -0.1) is 0 Å². The van der Waals surface area contributed by atoms with Gasteiger partial charge in [0.1, 0.15) is 0 Å². The van der Waals surface area contributed by atoms with E-state index in [4.69, 9.17) is 4.52 Å². The van der Waals surface area contributed by atoms with E-state index < -0.39 is 0 Å². The monoisotopic (exact) mass is 268 g/mol. The lowest BCUT2D eigenvalue weighted by atomic mass is 10.0. The quantitative estimate of drug-likeness (QED) is 0.913. The third kappa shape index (κ3) is 2.30. The molecule has 0 aromatic carbocycles. The third-order valence-corrected chi connectivity index (χ3v) is 5.48. The zero-order chi connectivity index (χ0) is 12.5. The van der Waals surface area contributed by atoms with Crippen molar-refractivity contribution in [2.45, 2.75) is 50.5 Å². The second-order valence-corrected chi connectivity index (χ2v) is 6.56. The first-order valence-electron chi connectivity index (χ1n) is 6.87. The molecule has 4 nitrogen and oxygen atoms in total. The molecule has 1 N–H and O–H groups in total. The van der Waals surface area contributed by atoms with Crippen molar-refractivity contribution >= 4 is 11.8 Å². The van der Waals surface area contributed by atoms with Crippen LogP contribution in [-0.4, -0.2) is 32.9 Å². The predicted octanol–water partition coefficient (Wildman–Crippen LogP) is 2.55. The minimum absolute atomic E-state index is 0.0413. The summed E-state index contributed by atoms with van der Waals surface area (Å²) in [5, 5.41) is 14.0. The van der Waals surface area contributed by atoms with Crippen molar-refractivity contribution in [1.82, 2.24) is 10.1 Å². The van der Waals surface area contributed by atoms with Crippen molar-refractivity contribution in [1.29, 1.82) is 0 Å². The molecule has 1 saturated carbocycles. The average Bonchev–Trinajstić information content (AvgIpc) is 3.07. The van der Waals surface area contributed by atoms with Crippen molar-refractivity contribution in [2.24, 2.45) is 5.92 Å². The summed E-state index contributed by atoms with van der Waals surface area (Å²) in [7, 11) is 0. The average molecular weight is 268 g/mol. The maximum Gasteiger partial charge on any atom is 0.233 e. The number of nitrogens with zero attached hydrogens (tertiary/aromatic N) is 2. The maximum atomic E-state index is 9.85. The van der Waals surface area contributed by atoms with Crippen LogP contribution in [0.5, 0.6) is 0 Å². The summed E-state index contributed by atoms with van der Waals surface area (Å²) >= 11 is 1.75. The Labute approximate surface area is 112 Å². The van der Waals surface area contributed by atoms with Gasteiger partial charge in [0.15, 0.2) is 5.82 Å². The number of aliphatic hydroxyl groups is 1. The molecule has 4 atom stereocenters. The fourth-order valence-electron chi connectivity index (χ4n) is 3.02. The van der Waals surface area contributed by atoms with Crippen LogP contribution in [0.25, 0.3) is 0 Å². The Kier molecular flexibility index (Phi) is 3.61. The fraction of sp³-hybridized carbons (Fsp3) is 0.846. The molecule has 1 aliphatic heterocycles. The first kappa shape index (κ1) is 12.5. The van der Waals surface area contributed by atoms with Crippen molar-refractivity contribution in [3.05, 3.63) is 11.7 Å². The minimum atomic E-state index is -0.324. The Balaban J connectivity index is 1.70. The van der Waals surface area contributed by atoms with Gasteiger partial charge in [0.25, 0.3) is 0 Å². The number of hydrogen-bond donors (Lipinski definition) is 1. The smallest absolute Gasteiger partial charge is 0.233 e. The van der Waals surface area contributed by atoms with Gasteiger partial charge >= 0.3 is 0 Å². The minimum Gasteiger partial charge on any atom is -0.391 e. The first-order valence-corrected chi connectivity index (χ1v) is 8.02. The van der Waals surface area contributed by atoms with Crippen LogP contribution in [0.4, 0.5) is 0 Å². The summed E-state index contributed by atoms with van der Waals surface area (Å²) in [5.74, 6) is 4.52. The number of hydrogen-bond acceptors (Lipinski definition) is 5. The van der Waals surface area contributed by atoms with Crippen LogP contribution < -0.4 is 0 Å². The molecule has 0 radical (unpaired) electrons. The first-order chi connectivity index (χ1) is 8.78. The number of thioether (sulfide) groups is 1. The van der Waals surface area contributed by atoms with E-state index in [1.54, 1.807) is 11.8 Å². The lowest BCUT2D eigenvalue weighted by molar-refractivity contribution is 0.164. The Morgan fingerprint density at radius 1 is 1.39 bits per heavy atom. The van der Waals surface area contributed by atoms with Crippen LogP contribution >= 0.6 is 11.8 Å². The van der Waals surface area contributed by atoms with Crippen molar-refractivity contribution in [3.8, 4) is 0 Å². The topological polar surface area (TPSA) is 59.2 Å². The standard InChI is InChI=1S/C13H20N2O2S/c1-2-8-3-4-9(5-8)12-14-13(17-15-12)10-6-18-7-11(10)16/h8-11,16H,2-7H2,1H3. The molecular weight excluding hydrogens is 248 g/mol.